The lowest BCUT2D eigenvalue weighted by molar-refractivity contribution is -0.118. The predicted molar refractivity (Wildman–Crippen MR) is 83.4 cm³/mol. The fourth-order valence-corrected chi connectivity index (χ4v) is 2.40. The minimum Gasteiger partial charge on any atom is -0.274 e. The zero-order valence-electron chi connectivity index (χ0n) is 10.8. The number of hydrogen-bond donors (Lipinski definition) is 1. The van der Waals surface area contributed by atoms with E-state index in [1.165, 1.54) is 6.92 Å². The molecule has 0 spiro atoms. The van der Waals surface area contributed by atoms with E-state index >= 15 is 0 Å². The van der Waals surface area contributed by atoms with Gasteiger partial charge in [-0.25, -0.2) is 5.43 Å². The van der Waals surface area contributed by atoms with Gasteiger partial charge in [0.1, 0.15) is 0 Å². The second-order valence-corrected chi connectivity index (χ2v) is 5.63. The third-order valence-electron chi connectivity index (χ3n) is 2.37. The number of hydrazone groups is 1. The van der Waals surface area contributed by atoms with Crippen LogP contribution >= 0.6 is 23.4 Å². The number of nitrogens with one attached hydrogen (secondary N) is 1. The molecule has 0 bridgehead atoms. The molecule has 0 saturated heterocycles. The number of nitrogens with zero attached hydrogens (tertiary/aromatic N) is 1. The van der Waals surface area contributed by atoms with Crippen molar-refractivity contribution in [1.82, 2.24) is 5.43 Å². The Labute approximate surface area is 127 Å². The van der Waals surface area contributed by atoms with Crippen LogP contribution in [0.4, 0.5) is 0 Å². The molecule has 102 valence electrons. The van der Waals surface area contributed by atoms with Crippen molar-refractivity contribution in [3.8, 4) is 0 Å². The molecule has 20 heavy (non-hydrogen) atoms. The molecule has 2 aromatic rings. The lowest BCUT2D eigenvalue weighted by atomic mass is 10.2. The number of rotatable bonds is 4. The smallest absolute Gasteiger partial charge is 0.236 e. The first-order valence-corrected chi connectivity index (χ1v) is 7.16. The summed E-state index contributed by atoms with van der Waals surface area (Å²) >= 11 is 7.51. The molecule has 5 heteroatoms. The number of benzene rings is 2. The Morgan fingerprint density at radius 1 is 1.10 bits per heavy atom. The van der Waals surface area contributed by atoms with Gasteiger partial charge in [-0.3, -0.25) is 4.79 Å². The average molecular weight is 305 g/mol. The largest absolute Gasteiger partial charge is 0.274 e. The molecule has 0 saturated carbocycles. The van der Waals surface area contributed by atoms with E-state index in [-0.39, 0.29) is 5.91 Å². The maximum atomic E-state index is 10.7. The molecule has 0 aliphatic heterocycles. The molecule has 1 N–H and O–H groups in total. The van der Waals surface area contributed by atoms with Gasteiger partial charge in [-0.2, -0.15) is 5.10 Å². The number of carbonyl (C=O) groups is 1. The van der Waals surface area contributed by atoms with Crippen molar-refractivity contribution in [3.05, 3.63) is 59.1 Å². The van der Waals surface area contributed by atoms with Crippen LogP contribution in [-0.2, 0) is 4.79 Å². The van der Waals surface area contributed by atoms with Crippen LogP contribution in [-0.4, -0.2) is 12.1 Å². The van der Waals surface area contributed by atoms with Gasteiger partial charge in [0.2, 0.25) is 5.91 Å². The van der Waals surface area contributed by atoms with Gasteiger partial charge < -0.3 is 0 Å². The van der Waals surface area contributed by atoms with E-state index in [1.54, 1.807) is 18.0 Å². The molecule has 0 aromatic heterocycles. The minimum atomic E-state index is -0.184. The van der Waals surface area contributed by atoms with Crippen LogP contribution in [0.2, 0.25) is 5.02 Å². The van der Waals surface area contributed by atoms with Crippen molar-refractivity contribution >= 4 is 35.5 Å². The molecule has 0 unspecified atom stereocenters. The maximum absolute atomic E-state index is 10.7. The highest BCUT2D eigenvalue weighted by Gasteiger charge is 1.98. The second-order valence-electron chi connectivity index (χ2n) is 4.05. The molecular weight excluding hydrogens is 292 g/mol. The van der Waals surface area contributed by atoms with E-state index in [4.69, 9.17) is 11.6 Å². The monoisotopic (exact) mass is 304 g/mol. The summed E-state index contributed by atoms with van der Waals surface area (Å²) in [7, 11) is 0. The molecule has 0 fully saturated rings. The highest BCUT2D eigenvalue weighted by atomic mass is 35.5. The summed E-state index contributed by atoms with van der Waals surface area (Å²) in [4.78, 5) is 12.9. The van der Waals surface area contributed by atoms with Crippen LogP contribution in [0.3, 0.4) is 0 Å². The van der Waals surface area contributed by atoms with E-state index in [0.717, 1.165) is 20.4 Å². The summed E-state index contributed by atoms with van der Waals surface area (Å²) in [6.45, 7) is 1.42. The molecule has 0 heterocycles. The van der Waals surface area contributed by atoms with Crippen LogP contribution in [0.1, 0.15) is 12.5 Å². The first-order valence-electron chi connectivity index (χ1n) is 5.96. The SMILES string of the molecule is CC(=O)N/N=C\c1ccc(Sc2ccc(Cl)cc2)cc1. The number of halogens is 1. The van der Waals surface area contributed by atoms with E-state index in [1.807, 2.05) is 48.5 Å². The highest BCUT2D eigenvalue weighted by Crippen LogP contribution is 2.28. The Kier molecular flexibility index (Phi) is 5.21. The van der Waals surface area contributed by atoms with Gasteiger partial charge in [-0.15, -0.1) is 0 Å². The average Bonchev–Trinajstić information content (AvgIpc) is 2.43. The molecule has 1 amide bonds. The first kappa shape index (κ1) is 14.6. The second kappa shape index (κ2) is 7.12. The van der Waals surface area contributed by atoms with Crippen molar-refractivity contribution in [2.24, 2.45) is 5.10 Å². The molecule has 2 rings (SSSR count). The van der Waals surface area contributed by atoms with Gasteiger partial charge >= 0.3 is 0 Å². The summed E-state index contributed by atoms with van der Waals surface area (Å²) in [5.74, 6) is -0.184. The van der Waals surface area contributed by atoms with E-state index < -0.39 is 0 Å². The molecule has 2 aromatic carbocycles. The predicted octanol–water partition coefficient (Wildman–Crippen LogP) is 3.96. The van der Waals surface area contributed by atoms with Gasteiger partial charge in [0, 0.05) is 21.7 Å². The summed E-state index contributed by atoms with van der Waals surface area (Å²) in [6.07, 6.45) is 1.61. The summed E-state index contributed by atoms with van der Waals surface area (Å²) in [5, 5.41) is 4.55. The highest BCUT2D eigenvalue weighted by molar-refractivity contribution is 7.99. The van der Waals surface area contributed by atoms with Gasteiger partial charge in [0.15, 0.2) is 0 Å². The number of carbonyl (C=O) groups excluding carboxylic acids is 1. The van der Waals surface area contributed by atoms with Gasteiger partial charge in [0.05, 0.1) is 6.21 Å². The Balaban J connectivity index is 1.99. The molecule has 0 atom stereocenters. The lowest BCUT2D eigenvalue weighted by Crippen LogP contribution is -2.12. The molecule has 0 aliphatic rings. The Morgan fingerprint density at radius 3 is 2.20 bits per heavy atom. The molecule has 0 radical (unpaired) electrons. The lowest BCUT2D eigenvalue weighted by Gasteiger charge is -2.02. The van der Waals surface area contributed by atoms with Gasteiger partial charge in [-0.1, -0.05) is 35.5 Å². The molecular formula is C15H13ClN2OS. The zero-order valence-corrected chi connectivity index (χ0v) is 12.4. The fourth-order valence-electron chi connectivity index (χ4n) is 1.46. The minimum absolute atomic E-state index is 0.184. The van der Waals surface area contributed by atoms with E-state index in [2.05, 4.69) is 10.5 Å². The number of hydrogen-bond acceptors (Lipinski definition) is 3. The topological polar surface area (TPSA) is 41.5 Å². The third kappa shape index (κ3) is 4.72. The van der Waals surface area contributed by atoms with E-state index in [9.17, 15) is 4.79 Å². The third-order valence-corrected chi connectivity index (χ3v) is 3.63. The van der Waals surface area contributed by atoms with Crippen LogP contribution in [0, 0.1) is 0 Å². The Bertz CT molecular complexity index is 609. The molecule has 3 nitrogen and oxygen atoms in total. The Hall–Kier alpha value is -1.78. The van der Waals surface area contributed by atoms with Gasteiger partial charge in [-0.05, 0) is 42.0 Å². The van der Waals surface area contributed by atoms with Crippen molar-refractivity contribution in [3.63, 3.8) is 0 Å². The summed E-state index contributed by atoms with van der Waals surface area (Å²) < 4.78 is 0. The van der Waals surface area contributed by atoms with Crippen molar-refractivity contribution in [2.75, 3.05) is 0 Å². The standard InChI is InChI=1S/C15H13ClN2OS/c1-11(19)18-17-10-12-2-6-14(7-3-12)20-15-8-4-13(16)5-9-15/h2-10H,1H3,(H,18,19)/b17-10-. The summed E-state index contributed by atoms with van der Waals surface area (Å²) in [6, 6.07) is 15.6. The molecule has 0 aliphatic carbocycles. The van der Waals surface area contributed by atoms with Crippen LogP contribution in [0.15, 0.2) is 63.4 Å². The van der Waals surface area contributed by atoms with Gasteiger partial charge in [0.25, 0.3) is 0 Å². The van der Waals surface area contributed by atoms with Crippen LogP contribution < -0.4 is 5.43 Å². The zero-order chi connectivity index (χ0) is 14.4. The normalized spacial score (nSPS) is 10.7. The van der Waals surface area contributed by atoms with Crippen LogP contribution in [0.25, 0.3) is 0 Å². The first-order chi connectivity index (χ1) is 9.63. The summed E-state index contributed by atoms with van der Waals surface area (Å²) in [5.41, 5.74) is 3.30. The van der Waals surface area contributed by atoms with Crippen LogP contribution in [0.5, 0.6) is 0 Å². The van der Waals surface area contributed by atoms with E-state index in [0.29, 0.717) is 0 Å². The van der Waals surface area contributed by atoms with Crippen molar-refractivity contribution < 1.29 is 4.79 Å². The maximum Gasteiger partial charge on any atom is 0.236 e. The van der Waals surface area contributed by atoms with Crippen molar-refractivity contribution in [1.29, 1.82) is 0 Å². The Morgan fingerprint density at radius 2 is 1.65 bits per heavy atom. The van der Waals surface area contributed by atoms with Crippen molar-refractivity contribution in [2.45, 2.75) is 16.7 Å². The number of amides is 1. The quantitative estimate of drug-likeness (QED) is 0.686. The fraction of sp³-hybridized carbons (Fsp3) is 0.0667.